The smallest absolute Gasteiger partial charge is 0.310 e. The van der Waals surface area contributed by atoms with Crippen LogP contribution in [0.25, 0.3) is 0 Å². The minimum atomic E-state index is -0.839. The van der Waals surface area contributed by atoms with E-state index >= 15 is 0 Å². The summed E-state index contributed by atoms with van der Waals surface area (Å²) < 4.78 is 16.5. The Balaban J connectivity index is 4.31. The van der Waals surface area contributed by atoms with E-state index < -0.39 is 12.1 Å². The van der Waals surface area contributed by atoms with Crippen molar-refractivity contribution < 1.29 is 28.6 Å². The summed E-state index contributed by atoms with van der Waals surface area (Å²) >= 11 is 0. The van der Waals surface area contributed by atoms with E-state index in [2.05, 4.69) is 142 Å². The van der Waals surface area contributed by atoms with E-state index in [1.54, 1.807) is 6.08 Å². The number of hydrogen-bond donors (Lipinski definition) is 0. The molecule has 0 bridgehead atoms. The standard InChI is InChI=1S/C57H88O6/c1-4-7-10-13-15-17-19-21-23-24-25-26-27-28-29-30-31-32-34-35-37-39-41-44-47-50-56(59)62-53-54(52-61-55(58)49-46-43-12-9-6-3)63-57(60)51-48-45-42-40-38-36-33-22-20-18-16-14-11-8-5-2/h7-8,10-11,15-18,21-23,25-26,28-29,31-33,38,40,45,48,54H,4-6,9,12-14,19-20,24,27,30,34-37,39,41-44,46-47,49-53H2,1-3H3/b10-7-,11-8-,17-15-,18-16-,23-21-,26-25-,29-28-,32-31-,33-22-,40-38-,48-45-. The second-order valence-electron chi connectivity index (χ2n) is 15.6. The van der Waals surface area contributed by atoms with Gasteiger partial charge in [0.1, 0.15) is 13.2 Å². The lowest BCUT2D eigenvalue weighted by Gasteiger charge is -2.18. The third-order valence-electron chi connectivity index (χ3n) is 9.68. The van der Waals surface area contributed by atoms with Gasteiger partial charge in [0.05, 0.1) is 6.42 Å². The van der Waals surface area contributed by atoms with Crippen LogP contribution in [0.15, 0.2) is 134 Å². The molecule has 0 N–H and O–H groups in total. The van der Waals surface area contributed by atoms with E-state index in [1.165, 1.54) is 12.8 Å². The molecule has 0 saturated heterocycles. The van der Waals surface area contributed by atoms with Gasteiger partial charge in [-0.2, -0.15) is 0 Å². The predicted molar refractivity (Wildman–Crippen MR) is 269 cm³/mol. The van der Waals surface area contributed by atoms with Gasteiger partial charge in [0.15, 0.2) is 6.10 Å². The van der Waals surface area contributed by atoms with E-state index in [9.17, 15) is 14.4 Å². The second-order valence-corrected chi connectivity index (χ2v) is 15.6. The summed E-state index contributed by atoms with van der Waals surface area (Å²) in [6.07, 6.45) is 70.7. The van der Waals surface area contributed by atoms with Crippen molar-refractivity contribution in [2.24, 2.45) is 0 Å². The monoisotopic (exact) mass is 869 g/mol. The molecule has 0 spiro atoms. The zero-order chi connectivity index (χ0) is 45.8. The lowest BCUT2D eigenvalue weighted by atomic mass is 10.1. The highest BCUT2D eigenvalue weighted by Gasteiger charge is 2.19. The molecule has 0 fully saturated rings. The molecule has 1 atom stereocenters. The van der Waals surface area contributed by atoms with Crippen LogP contribution in [-0.2, 0) is 28.6 Å². The lowest BCUT2D eigenvalue weighted by Crippen LogP contribution is -2.30. The van der Waals surface area contributed by atoms with E-state index in [4.69, 9.17) is 14.2 Å². The number of unbranched alkanes of at least 4 members (excludes halogenated alkanes) is 10. The molecule has 1 unspecified atom stereocenters. The minimum absolute atomic E-state index is 0.0880. The van der Waals surface area contributed by atoms with E-state index in [0.717, 1.165) is 128 Å². The summed E-state index contributed by atoms with van der Waals surface area (Å²) in [4.78, 5) is 37.5. The third kappa shape index (κ3) is 48.4. The number of hydrogen-bond acceptors (Lipinski definition) is 6. The first-order valence-corrected chi connectivity index (χ1v) is 24.7. The number of esters is 3. The van der Waals surface area contributed by atoms with Crippen molar-refractivity contribution in [3.05, 3.63) is 134 Å². The average molecular weight is 869 g/mol. The van der Waals surface area contributed by atoms with Gasteiger partial charge in [0.2, 0.25) is 0 Å². The number of ether oxygens (including phenoxy) is 3. The number of carbonyl (C=O) groups excluding carboxylic acids is 3. The molecule has 0 radical (unpaired) electrons. The molecule has 352 valence electrons. The first-order valence-electron chi connectivity index (χ1n) is 24.7. The van der Waals surface area contributed by atoms with Crippen molar-refractivity contribution in [3.8, 4) is 0 Å². The fourth-order valence-corrected chi connectivity index (χ4v) is 6.05. The molecule has 0 amide bonds. The minimum Gasteiger partial charge on any atom is -0.462 e. The molecule has 0 heterocycles. The molecule has 0 aromatic rings. The van der Waals surface area contributed by atoms with Crippen LogP contribution in [0.5, 0.6) is 0 Å². The second kappa shape index (κ2) is 50.2. The summed E-state index contributed by atoms with van der Waals surface area (Å²) in [6, 6.07) is 0. The summed E-state index contributed by atoms with van der Waals surface area (Å²) in [5, 5.41) is 0. The molecule has 0 aliphatic rings. The Labute approximate surface area is 385 Å². The first kappa shape index (κ1) is 58.6. The Kier molecular flexibility index (Phi) is 46.7. The highest BCUT2D eigenvalue weighted by molar-refractivity contribution is 5.72. The Hall–Kier alpha value is -4.45. The fourth-order valence-electron chi connectivity index (χ4n) is 6.05. The van der Waals surface area contributed by atoms with Gasteiger partial charge in [-0.3, -0.25) is 14.4 Å². The Morgan fingerprint density at radius 2 is 0.667 bits per heavy atom. The zero-order valence-electron chi connectivity index (χ0n) is 40.0. The molecule has 63 heavy (non-hydrogen) atoms. The van der Waals surface area contributed by atoms with Crippen LogP contribution in [0.1, 0.15) is 188 Å². The van der Waals surface area contributed by atoms with Crippen molar-refractivity contribution in [2.45, 2.75) is 194 Å². The van der Waals surface area contributed by atoms with Crippen molar-refractivity contribution in [2.75, 3.05) is 13.2 Å². The lowest BCUT2D eigenvalue weighted by molar-refractivity contribution is -0.166. The average Bonchev–Trinajstić information content (AvgIpc) is 3.28. The van der Waals surface area contributed by atoms with Crippen molar-refractivity contribution in [1.29, 1.82) is 0 Å². The SMILES string of the molecule is CC/C=C\C/C=C\C/C=C\C/C=C\C/C=C\C/C=C\CCCCCCCCC(=O)OCC(COC(=O)CCCCCCC)OC(=O)C/C=C\C/C=C\C/C=C\C/C=C\C/C=C\CC. The van der Waals surface area contributed by atoms with Crippen LogP contribution in [0, 0.1) is 0 Å². The van der Waals surface area contributed by atoms with Crippen LogP contribution in [0.4, 0.5) is 0 Å². The van der Waals surface area contributed by atoms with Crippen molar-refractivity contribution >= 4 is 17.9 Å². The van der Waals surface area contributed by atoms with E-state index in [1.807, 2.05) is 6.08 Å². The van der Waals surface area contributed by atoms with Crippen LogP contribution < -0.4 is 0 Å². The molecule has 0 saturated carbocycles. The summed E-state index contributed by atoms with van der Waals surface area (Å²) in [7, 11) is 0. The highest BCUT2D eigenvalue weighted by atomic mass is 16.6. The highest BCUT2D eigenvalue weighted by Crippen LogP contribution is 2.11. The number of carbonyl (C=O) groups is 3. The normalized spacial score (nSPS) is 13.3. The molecule has 0 rings (SSSR count). The van der Waals surface area contributed by atoms with E-state index in [0.29, 0.717) is 19.3 Å². The Morgan fingerprint density at radius 1 is 0.349 bits per heavy atom. The van der Waals surface area contributed by atoms with Crippen LogP contribution in [0.2, 0.25) is 0 Å². The van der Waals surface area contributed by atoms with Crippen molar-refractivity contribution in [3.63, 3.8) is 0 Å². The summed E-state index contributed by atoms with van der Waals surface area (Å²) in [6.45, 7) is 6.19. The maximum atomic E-state index is 12.6. The van der Waals surface area contributed by atoms with Gasteiger partial charge < -0.3 is 14.2 Å². The van der Waals surface area contributed by atoms with Gasteiger partial charge in [-0.25, -0.2) is 0 Å². The summed E-state index contributed by atoms with van der Waals surface area (Å²) in [5.74, 6) is -1.10. The van der Waals surface area contributed by atoms with Gasteiger partial charge in [-0.05, 0) is 96.3 Å². The van der Waals surface area contributed by atoms with E-state index in [-0.39, 0.29) is 31.6 Å². The summed E-state index contributed by atoms with van der Waals surface area (Å²) in [5.41, 5.74) is 0. The largest absolute Gasteiger partial charge is 0.462 e. The topological polar surface area (TPSA) is 78.9 Å². The van der Waals surface area contributed by atoms with Crippen molar-refractivity contribution in [1.82, 2.24) is 0 Å². The Bertz CT molecular complexity index is 1420. The molecule has 0 aromatic heterocycles. The number of rotatable bonds is 42. The molecule has 6 heteroatoms. The van der Waals surface area contributed by atoms with Crippen LogP contribution in [-0.4, -0.2) is 37.2 Å². The third-order valence-corrected chi connectivity index (χ3v) is 9.68. The van der Waals surface area contributed by atoms with Gasteiger partial charge in [-0.1, -0.05) is 206 Å². The first-order chi connectivity index (χ1) is 31.0. The van der Waals surface area contributed by atoms with Gasteiger partial charge >= 0.3 is 17.9 Å². The molecule has 0 aliphatic carbocycles. The molecule has 0 aromatic carbocycles. The maximum Gasteiger partial charge on any atom is 0.310 e. The predicted octanol–water partition coefficient (Wildman–Crippen LogP) is 16.3. The quantitative estimate of drug-likeness (QED) is 0.0263. The van der Waals surface area contributed by atoms with Gasteiger partial charge in [0, 0.05) is 12.8 Å². The molecular weight excluding hydrogens is 781 g/mol. The Morgan fingerprint density at radius 3 is 1.05 bits per heavy atom. The van der Waals surface area contributed by atoms with Crippen LogP contribution >= 0.6 is 0 Å². The fraction of sp³-hybridized carbons (Fsp3) is 0.561. The van der Waals surface area contributed by atoms with Gasteiger partial charge in [-0.15, -0.1) is 0 Å². The molecule has 0 aliphatic heterocycles. The molecular formula is C57H88O6. The zero-order valence-corrected chi connectivity index (χ0v) is 40.0. The maximum absolute atomic E-state index is 12.6. The molecule has 6 nitrogen and oxygen atoms in total. The number of allylic oxidation sites excluding steroid dienone is 21. The van der Waals surface area contributed by atoms with Crippen LogP contribution in [0.3, 0.4) is 0 Å². The van der Waals surface area contributed by atoms with Gasteiger partial charge in [0.25, 0.3) is 0 Å².